The van der Waals surface area contributed by atoms with Crippen molar-refractivity contribution in [3.8, 4) is 0 Å². The van der Waals surface area contributed by atoms with Gasteiger partial charge in [0.1, 0.15) is 13.1 Å². The topological polar surface area (TPSA) is 89.9 Å². The fourth-order valence-electron chi connectivity index (χ4n) is 3.97. The zero-order valence-corrected chi connectivity index (χ0v) is 16.5. The van der Waals surface area contributed by atoms with Gasteiger partial charge in [-0.1, -0.05) is 24.3 Å². The molecule has 1 aliphatic rings. The molecular formula is C21H25N2O5+. The Hall–Kier alpha value is -2.93. The summed E-state index contributed by atoms with van der Waals surface area (Å²) in [6.07, 6.45) is 0.529. The maximum Gasteiger partial charge on any atom is 0.365 e. The molecule has 0 fully saturated rings. The molecule has 0 radical (unpaired) electrons. The van der Waals surface area contributed by atoms with Crippen molar-refractivity contribution >= 4 is 17.7 Å². The predicted molar refractivity (Wildman–Crippen MR) is 101 cm³/mol. The number of Topliss-reactive ketones (excluding diaryl/α,β-unsaturated/α-hetero) is 1. The largest absolute Gasteiger partial charge is 0.465 e. The standard InChI is InChI=1S/C21H24N2O5/c1-12-18(21(26)28-4)13(2)22-19(12)17(24)11-23-10-15-8-6-5-7-14(15)9-16(23)20(25)27-3/h5-8,16,22H,9-11H2,1-4H3/p+1/t16-/m0/s1. The van der Waals surface area contributed by atoms with E-state index in [9.17, 15) is 14.4 Å². The van der Waals surface area contributed by atoms with E-state index in [0.29, 0.717) is 35.5 Å². The molecule has 1 aliphatic heterocycles. The maximum atomic E-state index is 13.0. The van der Waals surface area contributed by atoms with Gasteiger partial charge in [-0.3, -0.25) is 4.79 Å². The second-order valence-electron chi connectivity index (χ2n) is 7.10. The van der Waals surface area contributed by atoms with Crippen molar-refractivity contribution in [2.24, 2.45) is 0 Å². The van der Waals surface area contributed by atoms with Crippen LogP contribution >= 0.6 is 0 Å². The van der Waals surface area contributed by atoms with E-state index in [2.05, 4.69) is 4.98 Å². The van der Waals surface area contributed by atoms with Crippen LogP contribution in [0.4, 0.5) is 0 Å². The molecule has 2 heterocycles. The van der Waals surface area contributed by atoms with E-state index < -0.39 is 12.0 Å². The molecule has 0 saturated heterocycles. The minimum Gasteiger partial charge on any atom is -0.465 e. The van der Waals surface area contributed by atoms with Crippen LogP contribution in [-0.4, -0.2) is 49.5 Å². The predicted octanol–water partition coefficient (Wildman–Crippen LogP) is 0.784. The van der Waals surface area contributed by atoms with Gasteiger partial charge in [-0.05, 0) is 25.0 Å². The van der Waals surface area contributed by atoms with E-state index >= 15 is 0 Å². The Morgan fingerprint density at radius 3 is 2.43 bits per heavy atom. The third-order valence-electron chi connectivity index (χ3n) is 5.43. The molecule has 2 atom stereocenters. The van der Waals surface area contributed by atoms with Crippen LogP contribution in [0.2, 0.25) is 0 Å². The van der Waals surface area contributed by atoms with E-state index in [4.69, 9.17) is 9.47 Å². The number of aryl methyl sites for hydroxylation is 1. The molecule has 1 aromatic carbocycles. The summed E-state index contributed by atoms with van der Waals surface area (Å²) in [6.45, 7) is 4.14. The number of ketones is 1. The van der Waals surface area contributed by atoms with Crippen LogP contribution in [-0.2, 0) is 27.2 Å². The van der Waals surface area contributed by atoms with Gasteiger partial charge in [0.05, 0.1) is 25.5 Å². The van der Waals surface area contributed by atoms with Gasteiger partial charge in [0.2, 0.25) is 5.78 Å². The number of methoxy groups -OCH3 is 2. The first kappa shape index (κ1) is 19.8. The lowest BCUT2D eigenvalue weighted by molar-refractivity contribution is -0.924. The Morgan fingerprint density at radius 2 is 1.79 bits per heavy atom. The lowest BCUT2D eigenvalue weighted by Gasteiger charge is -2.31. The van der Waals surface area contributed by atoms with Crippen LogP contribution < -0.4 is 4.90 Å². The van der Waals surface area contributed by atoms with Gasteiger partial charge in [0.25, 0.3) is 0 Å². The summed E-state index contributed by atoms with van der Waals surface area (Å²) < 4.78 is 9.78. The van der Waals surface area contributed by atoms with Gasteiger partial charge >= 0.3 is 11.9 Å². The number of rotatable bonds is 5. The van der Waals surface area contributed by atoms with Crippen molar-refractivity contribution in [1.29, 1.82) is 0 Å². The SMILES string of the molecule is COC(=O)c1c(C)[nH]c(C(=O)C[NH+]2Cc3ccccc3C[C@H]2C(=O)OC)c1C. The quantitative estimate of drug-likeness (QED) is 0.587. The van der Waals surface area contributed by atoms with Crippen LogP contribution in [0.3, 0.4) is 0 Å². The van der Waals surface area contributed by atoms with Gasteiger partial charge in [-0.15, -0.1) is 0 Å². The summed E-state index contributed by atoms with van der Waals surface area (Å²) in [5.41, 5.74) is 4.16. The van der Waals surface area contributed by atoms with Crippen LogP contribution in [0.15, 0.2) is 24.3 Å². The lowest BCUT2D eigenvalue weighted by atomic mass is 9.93. The zero-order valence-electron chi connectivity index (χ0n) is 16.5. The highest BCUT2D eigenvalue weighted by atomic mass is 16.5. The molecule has 7 nitrogen and oxygen atoms in total. The highest BCUT2D eigenvalue weighted by Crippen LogP contribution is 2.19. The number of hydrogen-bond donors (Lipinski definition) is 2. The summed E-state index contributed by atoms with van der Waals surface area (Å²) in [4.78, 5) is 41.2. The van der Waals surface area contributed by atoms with E-state index in [1.165, 1.54) is 14.2 Å². The number of benzene rings is 1. The Labute approximate surface area is 163 Å². The molecule has 0 aliphatic carbocycles. The Balaban J connectivity index is 1.88. The second-order valence-corrected chi connectivity index (χ2v) is 7.10. The molecule has 0 amide bonds. The van der Waals surface area contributed by atoms with Crippen molar-refractivity contribution in [3.05, 3.63) is 57.9 Å². The molecule has 28 heavy (non-hydrogen) atoms. The first-order valence-electron chi connectivity index (χ1n) is 9.17. The lowest BCUT2D eigenvalue weighted by Crippen LogP contribution is -3.17. The average molecular weight is 385 g/mol. The molecule has 0 saturated carbocycles. The van der Waals surface area contributed by atoms with Crippen molar-refractivity contribution in [2.75, 3.05) is 20.8 Å². The highest BCUT2D eigenvalue weighted by Gasteiger charge is 2.38. The number of ether oxygens (including phenoxy) is 2. The fraction of sp³-hybridized carbons (Fsp3) is 0.381. The number of carbonyl (C=O) groups is 3. The van der Waals surface area contributed by atoms with Gasteiger partial charge in [0.15, 0.2) is 6.04 Å². The Kier molecular flexibility index (Phi) is 5.65. The van der Waals surface area contributed by atoms with E-state index in [-0.39, 0.29) is 18.3 Å². The van der Waals surface area contributed by atoms with Gasteiger partial charge < -0.3 is 19.4 Å². The molecular weight excluding hydrogens is 360 g/mol. The summed E-state index contributed by atoms with van der Waals surface area (Å²) in [5.74, 6) is -0.956. The van der Waals surface area contributed by atoms with Gasteiger partial charge in [-0.2, -0.15) is 0 Å². The summed E-state index contributed by atoms with van der Waals surface area (Å²) in [5, 5.41) is 0. The van der Waals surface area contributed by atoms with Gasteiger partial charge in [-0.25, -0.2) is 9.59 Å². The second kappa shape index (κ2) is 7.98. The van der Waals surface area contributed by atoms with Gasteiger partial charge in [0, 0.05) is 17.7 Å². The molecule has 1 unspecified atom stereocenters. The van der Waals surface area contributed by atoms with Crippen molar-refractivity contribution in [3.63, 3.8) is 0 Å². The third-order valence-corrected chi connectivity index (χ3v) is 5.43. The first-order valence-corrected chi connectivity index (χ1v) is 9.17. The van der Waals surface area contributed by atoms with Crippen LogP contribution in [0.25, 0.3) is 0 Å². The summed E-state index contributed by atoms with van der Waals surface area (Å²) >= 11 is 0. The fourth-order valence-corrected chi connectivity index (χ4v) is 3.97. The Morgan fingerprint density at radius 1 is 1.11 bits per heavy atom. The van der Waals surface area contributed by atoms with Crippen molar-refractivity contribution in [2.45, 2.75) is 32.9 Å². The van der Waals surface area contributed by atoms with Crippen LogP contribution in [0.5, 0.6) is 0 Å². The Bertz CT molecular complexity index is 931. The first-order chi connectivity index (χ1) is 13.4. The monoisotopic (exact) mass is 385 g/mol. The maximum absolute atomic E-state index is 13.0. The number of fused-ring (bicyclic) bond motifs is 1. The number of quaternary nitrogens is 1. The highest BCUT2D eigenvalue weighted by molar-refractivity contribution is 6.02. The average Bonchev–Trinajstić information content (AvgIpc) is 3.00. The molecule has 0 spiro atoms. The van der Waals surface area contributed by atoms with E-state index in [1.807, 2.05) is 24.3 Å². The van der Waals surface area contributed by atoms with Crippen LogP contribution in [0.1, 0.15) is 43.2 Å². The van der Waals surface area contributed by atoms with Crippen LogP contribution in [0, 0.1) is 13.8 Å². The molecule has 2 aromatic rings. The number of aromatic amines is 1. The van der Waals surface area contributed by atoms with Crippen molar-refractivity contribution in [1.82, 2.24) is 4.98 Å². The molecule has 3 rings (SSSR count). The third kappa shape index (κ3) is 3.57. The number of aromatic nitrogens is 1. The zero-order chi connectivity index (χ0) is 20.4. The molecule has 0 bridgehead atoms. The van der Waals surface area contributed by atoms with E-state index in [0.717, 1.165) is 16.0 Å². The molecule has 148 valence electrons. The van der Waals surface area contributed by atoms with Crippen molar-refractivity contribution < 1.29 is 28.8 Å². The molecule has 2 N–H and O–H groups in total. The number of carbonyl (C=O) groups excluding carboxylic acids is 3. The number of hydrogen-bond acceptors (Lipinski definition) is 5. The number of nitrogens with one attached hydrogen (secondary N) is 2. The number of esters is 2. The molecule has 1 aromatic heterocycles. The number of H-pyrrole nitrogens is 1. The minimum absolute atomic E-state index is 0.121. The minimum atomic E-state index is -0.475. The van der Waals surface area contributed by atoms with E-state index in [1.54, 1.807) is 13.8 Å². The normalized spacial score (nSPS) is 18.3. The summed E-state index contributed by atoms with van der Waals surface area (Å²) in [7, 11) is 2.68. The summed E-state index contributed by atoms with van der Waals surface area (Å²) in [6, 6.07) is 7.48. The smallest absolute Gasteiger partial charge is 0.365 e. The molecule has 7 heteroatoms.